The molecule has 0 saturated carbocycles. The van der Waals surface area contributed by atoms with Gasteiger partial charge in [0.15, 0.2) is 0 Å². The summed E-state index contributed by atoms with van der Waals surface area (Å²) >= 11 is 0. The molecule has 3 heterocycles. The molecule has 186 valence electrons. The van der Waals surface area contributed by atoms with Gasteiger partial charge >= 0.3 is 0 Å². The minimum Gasteiger partial charge on any atom is -0.390 e. The van der Waals surface area contributed by atoms with E-state index in [1.54, 1.807) is 0 Å². The van der Waals surface area contributed by atoms with Gasteiger partial charge in [-0.05, 0) is 18.2 Å². The van der Waals surface area contributed by atoms with Crippen LogP contribution < -0.4 is 0 Å². The summed E-state index contributed by atoms with van der Waals surface area (Å²) in [5.41, 5.74) is 4.13. The van der Waals surface area contributed by atoms with Crippen LogP contribution >= 0.6 is 0 Å². The van der Waals surface area contributed by atoms with Crippen molar-refractivity contribution in [1.29, 1.82) is 0 Å². The van der Waals surface area contributed by atoms with E-state index < -0.39 is 0 Å². The highest BCUT2D eigenvalue weighted by atomic mass is 16.3. The molecule has 6 nitrogen and oxygen atoms in total. The van der Waals surface area contributed by atoms with Crippen molar-refractivity contribution in [3.05, 3.63) is 34.9 Å². The SMILES string of the molecule is C[N+]1(Cc2cc(C[N+]3(C)CCC[C@H]3CO)cc(C[N+]3(C)CCC[C@H]3CO)c2)CCC[C@H]1CO. The first-order valence-corrected chi connectivity index (χ1v) is 13.2. The van der Waals surface area contributed by atoms with Crippen LogP contribution in [-0.4, -0.2) is 107 Å². The van der Waals surface area contributed by atoms with Crippen LogP contribution in [0.1, 0.15) is 55.2 Å². The van der Waals surface area contributed by atoms with Crippen LogP contribution in [0.15, 0.2) is 18.2 Å². The molecule has 4 rings (SSSR count). The van der Waals surface area contributed by atoms with Crippen molar-refractivity contribution in [3.63, 3.8) is 0 Å². The zero-order valence-electron chi connectivity index (χ0n) is 21.3. The first kappa shape index (κ1) is 25.1. The van der Waals surface area contributed by atoms with Crippen LogP contribution in [0.4, 0.5) is 0 Å². The minimum absolute atomic E-state index is 0.267. The van der Waals surface area contributed by atoms with Gasteiger partial charge in [0.2, 0.25) is 0 Å². The normalized spacial score (nSPS) is 38.9. The molecule has 1 aromatic rings. The topological polar surface area (TPSA) is 60.7 Å². The number of benzene rings is 1. The van der Waals surface area contributed by atoms with Crippen LogP contribution in [0.2, 0.25) is 0 Å². The smallest absolute Gasteiger partial charge is 0.113 e. The van der Waals surface area contributed by atoms with Gasteiger partial charge in [-0.1, -0.05) is 0 Å². The standard InChI is InChI=1S/C27H48N3O3/c1-28(10-4-7-25(28)19-31)16-22-13-23(17-29(2)11-5-8-26(29)20-32)15-24(14-22)18-30(3)12-6-9-27(30)21-33/h13-15,25-27,31-33H,4-12,16-21H2,1-3H3/q+3/t25-,26-,27-,28?,29?,30?/m0/s1. The van der Waals surface area contributed by atoms with Crippen molar-refractivity contribution in [2.75, 3.05) is 60.6 Å². The number of quaternary nitrogens is 3. The van der Waals surface area contributed by atoms with Gasteiger partial charge in [0.05, 0.1) is 60.6 Å². The Morgan fingerprint density at radius 3 is 1.09 bits per heavy atom. The van der Waals surface area contributed by atoms with E-state index in [0.717, 1.165) is 72.0 Å². The Labute approximate surface area is 200 Å². The largest absolute Gasteiger partial charge is 0.390 e. The number of aliphatic hydroxyl groups is 3. The second kappa shape index (κ2) is 9.92. The number of likely N-dealkylation sites (N-methyl/N-ethyl adjacent to an activating group) is 3. The molecule has 3 unspecified atom stereocenters. The van der Waals surface area contributed by atoms with Crippen molar-refractivity contribution in [2.24, 2.45) is 0 Å². The number of hydrogen-bond acceptors (Lipinski definition) is 3. The summed E-state index contributed by atoms with van der Waals surface area (Å²) in [6, 6.07) is 8.22. The zero-order valence-corrected chi connectivity index (χ0v) is 21.3. The van der Waals surface area contributed by atoms with E-state index in [4.69, 9.17) is 0 Å². The Balaban J connectivity index is 1.64. The number of aliphatic hydroxyl groups excluding tert-OH is 3. The molecule has 33 heavy (non-hydrogen) atoms. The van der Waals surface area contributed by atoms with E-state index in [1.165, 1.54) is 36.0 Å². The van der Waals surface area contributed by atoms with Crippen molar-refractivity contribution in [1.82, 2.24) is 0 Å². The average molecular weight is 463 g/mol. The highest BCUT2D eigenvalue weighted by Gasteiger charge is 2.41. The first-order valence-electron chi connectivity index (χ1n) is 13.2. The molecule has 3 saturated heterocycles. The second-order valence-corrected chi connectivity index (χ2v) is 12.2. The van der Waals surface area contributed by atoms with E-state index in [-0.39, 0.29) is 19.8 Å². The average Bonchev–Trinajstić information content (AvgIpc) is 3.43. The molecule has 6 atom stereocenters. The maximum atomic E-state index is 9.98. The predicted octanol–water partition coefficient (Wildman–Crippen LogP) is 1.99. The molecule has 6 heteroatoms. The number of rotatable bonds is 9. The molecule has 0 radical (unpaired) electrons. The lowest BCUT2D eigenvalue weighted by Gasteiger charge is -2.38. The fourth-order valence-corrected chi connectivity index (χ4v) is 7.40. The number of likely N-dealkylation sites (tertiary alicyclic amines) is 3. The van der Waals surface area contributed by atoms with Gasteiger partial charge in [-0.15, -0.1) is 0 Å². The van der Waals surface area contributed by atoms with Gasteiger partial charge in [-0.25, -0.2) is 0 Å². The molecule has 0 aliphatic carbocycles. The molecule has 0 bridgehead atoms. The van der Waals surface area contributed by atoms with Crippen molar-refractivity contribution < 1.29 is 28.8 Å². The summed E-state index contributed by atoms with van der Waals surface area (Å²) < 4.78 is 2.78. The van der Waals surface area contributed by atoms with E-state index in [2.05, 4.69) is 39.3 Å². The third-order valence-corrected chi connectivity index (χ3v) is 9.64. The lowest BCUT2D eigenvalue weighted by molar-refractivity contribution is -0.935. The quantitative estimate of drug-likeness (QED) is 0.492. The van der Waals surface area contributed by atoms with E-state index in [1.807, 2.05) is 0 Å². The van der Waals surface area contributed by atoms with Gasteiger partial charge in [0.25, 0.3) is 0 Å². The summed E-state index contributed by atoms with van der Waals surface area (Å²) in [4.78, 5) is 0. The highest BCUT2D eigenvalue weighted by molar-refractivity contribution is 5.29. The summed E-state index contributed by atoms with van der Waals surface area (Å²) in [5, 5.41) is 29.9. The molecular formula is C27H48N3O3+3. The van der Waals surface area contributed by atoms with Crippen LogP contribution in [0.5, 0.6) is 0 Å². The first-order chi connectivity index (χ1) is 15.7. The molecule has 0 spiro atoms. The van der Waals surface area contributed by atoms with E-state index in [9.17, 15) is 15.3 Å². The maximum Gasteiger partial charge on any atom is 0.113 e. The lowest BCUT2D eigenvalue weighted by Crippen LogP contribution is -2.50. The Kier molecular flexibility index (Phi) is 7.54. The van der Waals surface area contributed by atoms with Gasteiger partial charge in [0.1, 0.15) is 37.8 Å². The van der Waals surface area contributed by atoms with Crippen molar-refractivity contribution >= 4 is 0 Å². The van der Waals surface area contributed by atoms with Crippen LogP contribution in [0.25, 0.3) is 0 Å². The predicted molar refractivity (Wildman–Crippen MR) is 131 cm³/mol. The molecule has 3 aliphatic rings. The molecule has 3 N–H and O–H groups in total. The second-order valence-electron chi connectivity index (χ2n) is 12.2. The van der Waals surface area contributed by atoms with Gasteiger partial charge < -0.3 is 28.8 Å². The minimum atomic E-state index is 0.267. The maximum absolute atomic E-state index is 9.98. The molecule has 3 fully saturated rings. The summed E-state index contributed by atoms with van der Waals surface area (Å²) in [7, 11) is 6.94. The van der Waals surface area contributed by atoms with E-state index in [0.29, 0.717) is 18.1 Å². The van der Waals surface area contributed by atoms with Crippen LogP contribution in [0, 0.1) is 0 Å². The Morgan fingerprint density at radius 1 is 0.576 bits per heavy atom. The van der Waals surface area contributed by atoms with E-state index >= 15 is 0 Å². The Morgan fingerprint density at radius 2 is 0.848 bits per heavy atom. The Hall–Kier alpha value is -1.02. The summed E-state index contributed by atoms with van der Waals surface area (Å²) in [5.74, 6) is 0. The number of hydrogen-bond donors (Lipinski definition) is 3. The molecule has 0 aromatic heterocycles. The summed E-state index contributed by atoms with van der Waals surface area (Å²) in [6.07, 6.45) is 6.90. The van der Waals surface area contributed by atoms with Crippen molar-refractivity contribution in [3.8, 4) is 0 Å². The Bertz CT molecular complexity index is 703. The number of nitrogens with zero attached hydrogens (tertiary/aromatic N) is 3. The molecular weight excluding hydrogens is 414 g/mol. The van der Waals surface area contributed by atoms with Crippen LogP contribution in [0.3, 0.4) is 0 Å². The fourth-order valence-electron chi connectivity index (χ4n) is 7.40. The monoisotopic (exact) mass is 462 g/mol. The molecule has 0 amide bonds. The third kappa shape index (κ3) is 5.16. The molecule has 1 aromatic carbocycles. The van der Waals surface area contributed by atoms with Gasteiger partial charge in [-0.2, -0.15) is 0 Å². The van der Waals surface area contributed by atoms with Crippen molar-refractivity contribution in [2.45, 2.75) is 76.3 Å². The third-order valence-electron chi connectivity index (χ3n) is 9.64. The van der Waals surface area contributed by atoms with Gasteiger partial charge in [-0.3, -0.25) is 0 Å². The molecule has 3 aliphatic heterocycles. The van der Waals surface area contributed by atoms with Gasteiger partial charge in [0, 0.05) is 55.2 Å². The lowest BCUT2D eigenvalue weighted by atomic mass is 10.0. The zero-order chi connectivity index (χ0) is 23.7. The fraction of sp³-hybridized carbons (Fsp3) is 0.778. The van der Waals surface area contributed by atoms with Crippen LogP contribution in [-0.2, 0) is 19.6 Å². The summed E-state index contributed by atoms with van der Waals surface area (Å²) in [6.45, 7) is 7.09. The highest BCUT2D eigenvalue weighted by Crippen LogP contribution is 2.33.